The quantitative estimate of drug-likeness (QED) is 0.657. The van der Waals surface area contributed by atoms with Crippen LogP contribution >= 0.6 is 0 Å². The third kappa shape index (κ3) is 1.62. The van der Waals surface area contributed by atoms with Crippen molar-refractivity contribution < 1.29 is 15.0 Å². The highest BCUT2D eigenvalue weighted by Crippen LogP contribution is 2.03. The van der Waals surface area contributed by atoms with E-state index in [0.29, 0.717) is 11.5 Å². The summed E-state index contributed by atoms with van der Waals surface area (Å²) in [6.45, 7) is 1.36. The standard InChI is InChI=1S/C7H10N2O3/c1-5-8-2-6(4-10)9(5)3-7(11)12/h2,10H,3-4H2,1H3,(H,11,12). The number of carboxylic acid groups (broad SMARTS) is 1. The Hall–Kier alpha value is -1.36. The zero-order valence-electron chi connectivity index (χ0n) is 6.69. The SMILES string of the molecule is Cc1ncc(CO)n1CC(=O)O. The van der Waals surface area contributed by atoms with Gasteiger partial charge in [-0.3, -0.25) is 4.79 Å². The molecule has 1 heterocycles. The maximum absolute atomic E-state index is 10.4. The Morgan fingerprint density at radius 1 is 1.75 bits per heavy atom. The minimum atomic E-state index is -0.939. The van der Waals surface area contributed by atoms with Crippen LogP contribution in [0.5, 0.6) is 0 Å². The second kappa shape index (κ2) is 3.36. The van der Waals surface area contributed by atoms with Crippen molar-refractivity contribution in [1.29, 1.82) is 0 Å². The molecule has 0 aliphatic heterocycles. The van der Waals surface area contributed by atoms with E-state index >= 15 is 0 Å². The van der Waals surface area contributed by atoms with E-state index < -0.39 is 5.97 Å². The molecule has 0 bridgehead atoms. The van der Waals surface area contributed by atoms with Gasteiger partial charge in [-0.05, 0) is 6.92 Å². The van der Waals surface area contributed by atoms with E-state index in [1.54, 1.807) is 6.92 Å². The van der Waals surface area contributed by atoms with Gasteiger partial charge in [0.25, 0.3) is 0 Å². The van der Waals surface area contributed by atoms with Crippen LogP contribution in [-0.2, 0) is 17.9 Å². The molecule has 1 aromatic rings. The van der Waals surface area contributed by atoms with Gasteiger partial charge in [0.15, 0.2) is 0 Å². The van der Waals surface area contributed by atoms with Crippen molar-refractivity contribution in [3.8, 4) is 0 Å². The molecule has 1 rings (SSSR count). The first-order chi connectivity index (χ1) is 5.65. The molecule has 0 aromatic carbocycles. The van der Waals surface area contributed by atoms with Crippen molar-refractivity contribution in [2.75, 3.05) is 0 Å². The zero-order valence-corrected chi connectivity index (χ0v) is 6.69. The van der Waals surface area contributed by atoms with Crippen LogP contribution in [0, 0.1) is 6.92 Å². The number of hydrogen-bond donors (Lipinski definition) is 2. The molecule has 0 spiro atoms. The Bertz CT molecular complexity index is 293. The summed E-state index contributed by atoms with van der Waals surface area (Å²) < 4.78 is 1.46. The van der Waals surface area contributed by atoms with Gasteiger partial charge >= 0.3 is 5.97 Å². The average Bonchev–Trinajstić information content (AvgIpc) is 2.32. The number of aliphatic hydroxyl groups is 1. The highest BCUT2D eigenvalue weighted by Gasteiger charge is 2.07. The molecular weight excluding hydrogens is 160 g/mol. The van der Waals surface area contributed by atoms with Crippen LogP contribution < -0.4 is 0 Å². The summed E-state index contributed by atoms with van der Waals surface area (Å²) >= 11 is 0. The van der Waals surface area contributed by atoms with Gasteiger partial charge in [0.05, 0.1) is 18.5 Å². The Balaban J connectivity index is 2.94. The van der Waals surface area contributed by atoms with Crippen molar-refractivity contribution in [3.63, 3.8) is 0 Å². The second-order valence-corrected chi connectivity index (χ2v) is 2.43. The molecule has 66 valence electrons. The molecule has 0 saturated heterocycles. The number of carbonyl (C=O) groups is 1. The van der Waals surface area contributed by atoms with E-state index in [9.17, 15) is 4.79 Å². The van der Waals surface area contributed by atoms with E-state index in [1.807, 2.05) is 0 Å². The average molecular weight is 170 g/mol. The van der Waals surface area contributed by atoms with Crippen LogP contribution in [0.15, 0.2) is 6.20 Å². The first-order valence-electron chi connectivity index (χ1n) is 3.48. The van der Waals surface area contributed by atoms with Gasteiger partial charge in [0.2, 0.25) is 0 Å². The first-order valence-corrected chi connectivity index (χ1v) is 3.48. The van der Waals surface area contributed by atoms with Gasteiger partial charge in [-0.25, -0.2) is 4.98 Å². The Labute approximate surface area is 69.3 Å². The summed E-state index contributed by atoms with van der Waals surface area (Å²) in [6, 6.07) is 0. The minimum Gasteiger partial charge on any atom is -0.480 e. The summed E-state index contributed by atoms with van der Waals surface area (Å²) in [5.41, 5.74) is 0.523. The van der Waals surface area contributed by atoms with E-state index in [2.05, 4.69) is 4.98 Å². The van der Waals surface area contributed by atoms with Crippen LogP contribution in [0.1, 0.15) is 11.5 Å². The molecule has 0 fully saturated rings. The molecule has 0 unspecified atom stereocenters. The molecular formula is C7H10N2O3. The molecule has 0 aliphatic rings. The molecule has 5 nitrogen and oxygen atoms in total. The van der Waals surface area contributed by atoms with Crippen molar-refractivity contribution in [2.45, 2.75) is 20.1 Å². The topological polar surface area (TPSA) is 75.4 Å². The van der Waals surface area contributed by atoms with Gasteiger partial charge in [-0.2, -0.15) is 0 Å². The number of aromatic nitrogens is 2. The largest absolute Gasteiger partial charge is 0.480 e. The van der Waals surface area contributed by atoms with Crippen molar-refractivity contribution >= 4 is 5.97 Å². The summed E-state index contributed by atoms with van der Waals surface area (Å²) in [6.07, 6.45) is 1.47. The lowest BCUT2D eigenvalue weighted by Gasteiger charge is -2.03. The monoisotopic (exact) mass is 170 g/mol. The van der Waals surface area contributed by atoms with Crippen LogP contribution in [-0.4, -0.2) is 25.7 Å². The predicted octanol–water partition coefficient (Wildman–Crippen LogP) is -0.232. The van der Waals surface area contributed by atoms with Crippen molar-refractivity contribution in [1.82, 2.24) is 9.55 Å². The summed E-state index contributed by atoms with van der Waals surface area (Å²) in [5.74, 6) is -0.341. The van der Waals surface area contributed by atoms with E-state index in [4.69, 9.17) is 10.2 Å². The number of rotatable bonds is 3. The third-order valence-corrected chi connectivity index (χ3v) is 1.59. The lowest BCUT2D eigenvalue weighted by molar-refractivity contribution is -0.137. The molecule has 0 aliphatic carbocycles. The molecule has 2 N–H and O–H groups in total. The highest BCUT2D eigenvalue weighted by atomic mass is 16.4. The van der Waals surface area contributed by atoms with Crippen molar-refractivity contribution in [3.05, 3.63) is 17.7 Å². The number of hydrogen-bond acceptors (Lipinski definition) is 3. The van der Waals surface area contributed by atoms with E-state index in [-0.39, 0.29) is 13.2 Å². The number of imidazole rings is 1. The Kier molecular flexibility index (Phi) is 2.44. The lowest BCUT2D eigenvalue weighted by Crippen LogP contribution is -2.12. The number of aryl methyl sites for hydroxylation is 1. The second-order valence-electron chi connectivity index (χ2n) is 2.43. The molecule has 12 heavy (non-hydrogen) atoms. The molecule has 0 saturated carbocycles. The van der Waals surface area contributed by atoms with Gasteiger partial charge < -0.3 is 14.8 Å². The maximum atomic E-state index is 10.4. The lowest BCUT2D eigenvalue weighted by atomic mass is 10.4. The van der Waals surface area contributed by atoms with Gasteiger partial charge in [-0.1, -0.05) is 0 Å². The summed E-state index contributed by atoms with van der Waals surface area (Å²) in [5, 5.41) is 17.3. The Morgan fingerprint density at radius 3 is 2.92 bits per heavy atom. The molecule has 0 amide bonds. The normalized spacial score (nSPS) is 10.2. The fourth-order valence-electron chi connectivity index (χ4n) is 0.993. The molecule has 5 heteroatoms. The predicted molar refractivity (Wildman–Crippen MR) is 40.5 cm³/mol. The maximum Gasteiger partial charge on any atom is 0.323 e. The summed E-state index contributed by atoms with van der Waals surface area (Å²) in [4.78, 5) is 14.2. The van der Waals surface area contributed by atoms with E-state index in [0.717, 1.165) is 0 Å². The van der Waals surface area contributed by atoms with Gasteiger partial charge in [-0.15, -0.1) is 0 Å². The summed E-state index contributed by atoms with van der Waals surface area (Å²) in [7, 11) is 0. The number of aliphatic hydroxyl groups excluding tert-OH is 1. The van der Waals surface area contributed by atoms with Crippen LogP contribution in [0.25, 0.3) is 0 Å². The van der Waals surface area contributed by atoms with E-state index in [1.165, 1.54) is 10.8 Å². The number of aliphatic carboxylic acids is 1. The molecule has 0 atom stereocenters. The molecule has 0 radical (unpaired) electrons. The van der Waals surface area contributed by atoms with Crippen molar-refractivity contribution in [2.24, 2.45) is 0 Å². The van der Waals surface area contributed by atoms with Gasteiger partial charge in [0, 0.05) is 0 Å². The molecule has 1 aromatic heterocycles. The fourth-order valence-corrected chi connectivity index (χ4v) is 0.993. The highest BCUT2D eigenvalue weighted by molar-refractivity contribution is 5.66. The van der Waals surface area contributed by atoms with Crippen LogP contribution in [0.2, 0.25) is 0 Å². The third-order valence-electron chi connectivity index (χ3n) is 1.59. The van der Waals surface area contributed by atoms with Crippen LogP contribution in [0.4, 0.5) is 0 Å². The number of carboxylic acids is 1. The van der Waals surface area contributed by atoms with Crippen LogP contribution in [0.3, 0.4) is 0 Å². The van der Waals surface area contributed by atoms with Gasteiger partial charge in [0.1, 0.15) is 12.4 Å². The number of nitrogens with zero attached hydrogens (tertiary/aromatic N) is 2. The zero-order chi connectivity index (χ0) is 9.14. The first kappa shape index (κ1) is 8.73. The smallest absolute Gasteiger partial charge is 0.323 e. The Morgan fingerprint density at radius 2 is 2.42 bits per heavy atom. The fraction of sp³-hybridized carbons (Fsp3) is 0.429. The minimum absolute atomic E-state index is 0.151.